The maximum Gasteiger partial charge on any atom is 0.0659 e. The quantitative estimate of drug-likeness (QED) is 0.347. The van der Waals surface area contributed by atoms with Crippen molar-refractivity contribution < 1.29 is 0 Å². The molecule has 0 fully saturated rings. The zero-order chi connectivity index (χ0) is 19.2. The van der Waals surface area contributed by atoms with Crippen LogP contribution in [0, 0.1) is 0 Å². The molecule has 2 aliphatic heterocycles. The lowest BCUT2D eigenvalue weighted by Gasteiger charge is -1.93. The average molecular weight is 375 g/mol. The van der Waals surface area contributed by atoms with Crippen LogP contribution >= 0.6 is 0 Å². The Bertz CT molecular complexity index is 1450. The third kappa shape index (κ3) is 2.99. The first-order chi connectivity index (χ1) is 14.3. The van der Waals surface area contributed by atoms with Gasteiger partial charge in [-0.2, -0.15) is 0 Å². The predicted octanol–water partition coefficient (Wildman–Crippen LogP) is 5.65. The fraction of sp³-hybridized carbons (Fsp3) is 0. The van der Waals surface area contributed by atoms with E-state index < -0.39 is 0 Å². The van der Waals surface area contributed by atoms with Gasteiger partial charge in [0.25, 0.3) is 0 Å². The van der Waals surface area contributed by atoms with Gasteiger partial charge in [0.2, 0.25) is 0 Å². The smallest absolute Gasteiger partial charge is 0.0659 e. The Morgan fingerprint density at radius 3 is 2.00 bits per heavy atom. The van der Waals surface area contributed by atoms with Gasteiger partial charge in [-0.05, 0) is 78.9 Å². The van der Waals surface area contributed by atoms with Gasteiger partial charge in [-0.3, -0.25) is 0 Å². The Balaban J connectivity index is 1.70. The molecule has 3 N–H and O–H groups in total. The number of aromatic amines is 3. The minimum atomic E-state index is 0.898. The molecule has 0 spiro atoms. The van der Waals surface area contributed by atoms with E-state index in [0.717, 1.165) is 56.1 Å². The standard InChI is InChI=1S/C24H17N5/c1-2-23(25-9-1)22-13-21-12-19-6-5-17(27-19)10-15-3-4-16(26-15)11-18-7-8-20(28-18)14-24(22)29-21/h1-14,25,27,29H. The van der Waals surface area contributed by atoms with Gasteiger partial charge >= 0.3 is 0 Å². The summed E-state index contributed by atoms with van der Waals surface area (Å²) in [5, 5.41) is 0. The molecule has 0 saturated heterocycles. The summed E-state index contributed by atoms with van der Waals surface area (Å²) in [6.07, 6.45) is 10.0. The van der Waals surface area contributed by atoms with Crippen LogP contribution in [0.1, 0.15) is 22.8 Å². The third-order valence-corrected chi connectivity index (χ3v) is 5.06. The molecule has 4 aromatic rings. The van der Waals surface area contributed by atoms with E-state index in [1.807, 2.05) is 48.7 Å². The van der Waals surface area contributed by atoms with E-state index in [-0.39, 0.29) is 0 Å². The van der Waals surface area contributed by atoms with Crippen LogP contribution in [-0.2, 0) is 0 Å². The molecule has 0 saturated carbocycles. The van der Waals surface area contributed by atoms with Crippen LogP contribution < -0.4 is 0 Å². The highest BCUT2D eigenvalue weighted by atomic mass is 14.8. The maximum atomic E-state index is 4.73. The largest absolute Gasteiger partial charge is 0.361 e. The minimum absolute atomic E-state index is 0.898. The van der Waals surface area contributed by atoms with Gasteiger partial charge in [-0.15, -0.1) is 0 Å². The van der Waals surface area contributed by atoms with Crippen molar-refractivity contribution in [2.75, 3.05) is 0 Å². The number of hydrogen-bond acceptors (Lipinski definition) is 2. The molecule has 6 heterocycles. The number of H-pyrrole nitrogens is 3. The number of nitrogens with zero attached hydrogens (tertiary/aromatic N) is 2. The summed E-state index contributed by atoms with van der Waals surface area (Å²) < 4.78 is 0. The lowest BCUT2D eigenvalue weighted by atomic mass is 10.2. The van der Waals surface area contributed by atoms with Gasteiger partial charge in [-0.1, -0.05) is 0 Å². The van der Waals surface area contributed by atoms with Crippen molar-refractivity contribution in [1.29, 1.82) is 0 Å². The average Bonchev–Trinajstić information content (AvgIpc) is 3.50. The monoisotopic (exact) mass is 375 g/mol. The van der Waals surface area contributed by atoms with Gasteiger partial charge in [0.05, 0.1) is 28.3 Å². The highest BCUT2D eigenvalue weighted by molar-refractivity contribution is 5.86. The van der Waals surface area contributed by atoms with E-state index in [0.29, 0.717) is 0 Å². The Morgan fingerprint density at radius 2 is 1.28 bits per heavy atom. The maximum absolute atomic E-state index is 4.73. The van der Waals surface area contributed by atoms with Crippen LogP contribution in [0.15, 0.2) is 60.8 Å². The Morgan fingerprint density at radius 1 is 0.586 bits per heavy atom. The number of fused-ring (bicyclic) bond motifs is 8. The summed E-state index contributed by atoms with van der Waals surface area (Å²) in [4.78, 5) is 19.7. The van der Waals surface area contributed by atoms with E-state index >= 15 is 0 Å². The SMILES string of the molecule is C1=Cc2cc3ccc(cc4cc(-c5ccc[nH]5)c(cc5nc(cc1n2)C=C5)[nH]4)[nH]3. The Labute approximate surface area is 166 Å². The van der Waals surface area contributed by atoms with E-state index in [1.54, 1.807) is 0 Å². The van der Waals surface area contributed by atoms with Crippen molar-refractivity contribution in [3.63, 3.8) is 0 Å². The van der Waals surface area contributed by atoms with E-state index in [2.05, 4.69) is 56.3 Å². The van der Waals surface area contributed by atoms with Crippen LogP contribution in [-0.4, -0.2) is 24.9 Å². The molecule has 0 radical (unpaired) electrons. The number of rotatable bonds is 1. The molecule has 5 nitrogen and oxygen atoms in total. The van der Waals surface area contributed by atoms with E-state index in [9.17, 15) is 0 Å². The number of aromatic nitrogens is 5. The zero-order valence-corrected chi connectivity index (χ0v) is 15.5. The summed E-state index contributed by atoms with van der Waals surface area (Å²) in [6.45, 7) is 0. The van der Waals surface area contributed by atoms with Gasteiger partial charge in [0, 0.05) is 34.0 Å². The minimum Gasteiger partial charge on any atom is -0.361 e. The lowest BCUT2D eigenvalue weighted by molar-refractivity contribution is 1.28. The van der Waals surface area contributed by atoms with Crippen LogP contribution in [0.3, 0.4) is 0 Å². The van der Waals surface area contributed by atoms with Crippen LogP contribution in [0.25, 0.3) is 57.6 Å². The normalized spacial score (nSPS) is 12.6. The molecule has 4 aromatic heterocycles. The fourth-order valence-corrected chi connectivity index (χ4v) is 3.74. The van der Waals surface area contributed by atoms with Gasteiger partial charge in [-0.25, -0.2) is 9.97 Å². The van der Waals surface area contributed by atoms with E-state index in [1.165, 1.54) is 0 Å². The van der Waals surface area contributed by atoms with E-state index in [4.69, 9.17) is 4.98 Å². The Hall–Kier alpha value is -4.12. The van der Waals surface area contributed by atoms with Gasteiger partial charge in [0.1, 0.15) is 0 Å². The second kappa shape index (κ2) is 6.21. The molecule has 2 aliphatic rings. The number of hydrogen-bond donors (Lipinski definition) is 3. The van der Waals surface area contributed by atoms with Crippen molar-refractivity contribution in [2.24, 2.45) is 0 Å². The highest BCUT2D eigenvalue weighted by Crippen LogP contribution is 2.26. The molecular weight excluding hydrogens is 358 g/mol. The zero-order valence-electron chi connectivity index (χ0n) is 15.5. The second-order valence-electron chi connectivity index (χ2n) is 7.17. The molecule has 0 unspecified atom stereocenters. The summed E-state index contributed by atoms with van der Waals surface area (Å²) >= 11 is 0. The lowest BCUT2D eigenvalue weighted by Crippen LogP contribution is -1.78. The molecular formula is C24H17N5. The number of nitrogens with one attached hydrogen (secondary N) is 3. The first-order valence-electron chi connectivity index (χ1n) is 9.51. The second-order valence-corrected chi connectivity index (χ2v) is 7.17. The third-order valence-electron chi connectivity index (χ3n) is 5.06. The van der Waals surface area contributed by atoms with Gasteiger partial charge in [0.15, 0.2) is 0 Å². The molecule has 0 atom stereocenters. The van der Waals surface area contributed by atoms with Crippen LogP contribution in [0.2, 0.25) is 0 Å². The van der Waals surface area contributed by atoms with Crippen LogP contribution in [0.5, 0.6) is 0 Å². The molecule has 6 rings (SSSR count). The molecule has 5 heteroatoms. The molecule has 0 aromatic carbocycles. The van der Waals surface area contributed by atoms with Crippen molar-refractivity contribution in [1.82, 2.24) is 24.9 Å². The summed E-state index contributed by atoms with van der Waals surface area (Å²) in [6, 6.07) is 18.6. The summed E-state index contributed by atoms with van der Waals surface area (Å²) in [5.41, 5.74) is 9.89. The van der Waals surface area contributed by atoms with Gasteiger partial charge < -0.3 is 15.0 Å². The first kappa shape index (κ1) is 15.9. The van der Waals surface area contributed by atoms with Crippen molar-refractivity contribution >= 4 is 46.4 Å². The van der Waals surface area contributed by atoms with Crippen molar-refractivity contribution in [3.8, 4) is 11.3 Å². The summed E-state index contributed by atoms with van der Waals surface area (Å²) in [7, 11) is 0. The molecule has 0 aliphatic carbocycles. The molecule has 29 heavy (non-hydrogen) atoms. The topological polar surface area (TPSA) is 73.2 Å². The van der Waals surface area contributed by atoms with Crippen molar-refractivity contribution in [3.05, 3.63) is 83.6 Å². The molecule has 0 amide bonds. The summed E-state index contributed by atoms with van der Waals surface area (Å²) in [5.74, 6) is 0. The van der Waals surface area contributed by atoms with Crippen LogP contribution in [0.4, 0.5) is 0 Å². The predicted molar refractivity (Wildman–Crippen MR) is 119 cm³/mol. The Kier molecular flexibility index (Phi) is 3.40. The molecule has 138 valence electrons. The first-order valence-corrected chi connectivity index (χ1v) is 9.51. The highest BCUT2D eigenvalue weighted by Gasteiger charge is 2.07. The van der Waals surface area contributed by atoms with Crippen molar-refractivity contribution in [2.45, 2.75) is 0 Å². The molecule has 8 bridgehead atoms. The fourth-order valence-electron chi connectivity index (χ4n) is 3.74.